The summed E-state index contributed by atoms with van der Waals surface area (Å²) in [7, 11) is 0. The SMILES string of the molecule is CC(C)(C)OC(=O)Nc1nc(-c2ccc3nccn3c2)cs1. The van der Waals surface area contributed by atoms with E-state index in [9.17, 15) is 4.79 Å². The highest BCUT2D eigenvalue weighted by atomic mass is 32.1. The molecule has 0 saturated carbocycles. The number of nitrogens with zero attached hydrogens (tertiary/aromatic N) is 3. The average Bonchev–Trinajstić information content (AvgIpc) is 3.03. The minimum atomic E-state index is -0.531. The van der Waals surface area contributed by atoms with Crippen molar-refractivity contribution in [1.29, 1.82) is 0 Å². The predicted octanol–water partition coefficient (Wildman–Crippen LogP) is 3.80. The van der Waals surface area contributed by atoms with Crippen molar-refractivity contribution in [2.45, 2.75) is 26.4 Å². The number of carbonyl (C=O) groups excluding carboxylic acids is 1. The number of hydrogen-bond donors (Lipinski definition) is 1. The fourth-order valence-corrected chi connectivity index (χ4v) is 2.63. The smallest absolute Gasteiger partial charge is 0.413 e. The second-order valence-electron chi connectivity index (χ2n) is 5.78. The third kappa shape index (κ3) is 3.25. The predicted molar refractivity (Wildman–Crippen MR) is 86.2 cm³/mol. The Morgan fingerprint density at radius 3 is 2.95 bits per heavy atom. The lowest BCUT2D eigenvalue weighted by Crippen LogP contribution is -2.27. The minimum Gasteiger partial charge on any atom is -0.444 e. The molecule has 7 heteroatoms. The zero-order valence-corrected chi connectivity index (χ0v) is 13.3. The van der Waals surface area contributed by atoms with Crippen molar-refractivity contribution in [2.24, 2.45) is 0 Å². The van der Waals surface area contributed by atoms with E-state index in [1.165, 1.54) is 11.3 Å². The maximum atomic E-state index is 11.7. The summed E-state index contributed by atoms with van der Waals surface area (Å²) >= 11 is 1.36. The average molecular weight is 316 g/mol. The van der Waals surface area contributed by atoms with Gasteiger partial charge in [0.25, 0.3) is 0 Å². The van der Waals surface area contributed by atoms with Crippen molar-refractivity contribution in [3.05, 3.63) is 36.1 Å². The minimum absolute atomic E-state index is 0.501. The summed E-state index contributed by atoms with van der Waals surface area (Å²) in [6, 6.07) is 3.88. The highest BCUT2D eigenvalue weighted by Crippen LogP contribution is 2.25. The van der Waals surface area contributed by atoms with Crippen LogP contribution >= 0.6 is 11.3 Å². The van der Waals surface area contributed by atoms with Crippen molar-refractivity contribution in [1.82, 2.24) is 14.4 Å². The molecule has 0 aliphatic carbocycles. The van der Waals surface area contributed by atoms with Crippen LogP contribution < -0.4 is 5.32 Å². The number of imidazole rings is 1. The quantitative estimate of drug-likeness (QED) is 0.780. The first-order chi connectivity index (χ1) is 10.4. The molecule has 114 valence electrons. The molecular formula is C15H16N4O2S. The largest absolute Gasteiger partial charge is 0.444 e. The normalized spacial score (nSPS) is 11.6. The summed E-state index contributed by atoms with van der Waals surface area (Å²) in [5.74, 6) is 0. The van der Waals surface area contributed by atoms with Gasteiger partial charge in [-0.3, -0.25) is 5.32 Å². The van der Waals surface area contributed by atoms with Gasteiger partial charge in [-0.2, -0.15) is 0 Å². The number of pyridine rings is 1. The van der Waals surface area contributed by atoms with E-state index in [0.717, 1.165) is 16.9 Å². The molecule has 0 radical (unpaired) electrons. The molecule has 0 unspecified atom stereocenters. The van der Waals surface area contributed by atoms with E-state index in [2.05, 4.69) is 15.3 Å². The van der Waals surface area contributed by atoms with Crippen molar-refractivity contribution in [3.63, 3.8) is 0 Å². The lowest BCUT2D eigenvalue weighted by atomic mass is 10.2. The molecule has 0 aliphatic heterocycles. The monoisotopic (exact) mass is 316 g/mol. The molecule has 3 heterocycles. The molecule has 0 bridgehead atoms. The number of amides is 1. The van der Waals surface area contributed by atoms with Gasteiger partial charge in [0.2, 0.25) is 0 Å². The van der Waals surface area contributed by atoms with Crippen LogP contribution in [-0.4, -0.2) is 26.1 Å². The van der Waals surface area contributed by atoms with E-state index in [1.54, 1.807) is 6.20 Å². The van der Waals surface area contributed by atoms with E-state index < -0.39 is 11.7 Å². The van der Waals surface area contributed by atoms with Crippen LogP contribution in [0.15, 0.2) is 36.1 Å². The molecule has 0 aliphatic rings. The Bertz CT molecular complexity index is 816. The van der Waals surface area contributed by atoms with Crippen LogP contribution in [0.2, 0.25) is 0 Å². The third-order valence-corrected chi connectivity index (χ3v) is 3.55. The molecule has 0 saturated heterocycles. The maximum absolute atomic E-state index is 11.7. The second-order valence-corrected chi connectivity index (χ2v) is 6.63. The van der Waals surface area contributed by atoms with Crippen LogP contribution in [0.4, 0.5) is 9.93 Å². The molecule has 6 nitrogen and oxygen atoms in total. The zero-order valence-electron chi connectivity index (χ0n) is 12.5. The molecule has 3 rings (SSSR count). The van der Waals surface area contributed by atoms with Gasteiger partial charge in [0, 0.05) is 29.5 Å². The van der Waals surface area contributed by atoms with Gasteiger partial charge in [-0.25, -0.2) is 14.8 Å². The first kappa shape index (κ1) is 14.5. The first-order valence-corrected chi connectivity index (χ1v) is 7.67. The standard InChI is InChI=1S/C15H16N4O2S/c1-15(2,3)21-14(20)18-13-17-11(9-22-13)10-4-5-12-16-6-7-19(12)8-10/h4-9H,1-3H3,(H,17,18,20). The molecule has 1 N–H and O–H groups in total. The molecular weight excluding hydrogens is 300 g/mol. The van der Waals surface area contributed by atoms with Gasteiger partial charge < -0.3 is 9.14 Å². The van der Waals surface area contributed by atoms with Crippen LogP contribution in [0.1, 0.15) is 20.8 Å². The first-order valence-electron chi connectivity index (χ1n) is 6.79. The van der Waals surface area contributed by atoms with Gasteiger partial charge in [-0.1, -0.05) is 0 Å². The van der Waals surface area contributed by atoms with E-state index >= 15 is 0 Å². The van der Waals surface area contributed by atoms with E-state index in [4.69, 9.17) is 4.74 Å². The number of carbonyl (C=O) groups is 1. The topological polar surface area (TPSA) is 68.5 Å². The van der Waals surface area contributed by atoms with Crippen LogP contribution in [0, 0.1) is 0 Å². The summed E-state index contributed by atoms with van der Waals surface area (Å²) in [6.45, 7) is 5.46. The lowest BCUT2D eigenvalue weighted by Gasteiger charge is -2.18. The zero-order chi connectivity index (χ0) is 15.7. The number of thiazole rings is 1. The van der Waals surface area contributed by atoms with Gasteiger partial charge >= 0.3 is 6.09 Å². The molecule has 0 atom stereocenters. The van der Waals surface area contributed by atoms with Crippen LogP contribution in [0.5, 0.6) is 0 Å². The number of aromatic nitrogens is 3. The Morgan fingerprint density at radius 2 is 2.18 bits per heavy atom. The van der Waals surface area contributed by atoms with E-state index in [-0.39, 0.29) is 0 Å². The third-order valence-electron chi connectivity index (χ3n) is 2.80. The molecule has 3 aromatic heterocycles. The number of anilines is 1. The van der Waals surface area contributed by atoms with Gasteiger partial charge in [0.05, 0.1) is 5.69 Å². The van der Waals surface area contributed by atoms with Gasteiger partial charge in [0.15, 0.2) is 5.13 Å². The molecule has 3 aromatic rings. The number of rotatable bonds is 2. The number of hydrogen-bond acceptors (Lipinski definition) is 5. The molecule has 0 fully saturated rings. The summed E-state index contributed by atoms with van der Waals surface area (Å²) < 4.78 is 7.13. The Hall–Kier alpha value is -2.41. The fourth-order valence-electron chi connectivity index (χ4n) is 1.93. The lowest BCUT2D eigenvalue weighted by molar-refractivity contribution is 0.0636. The van der Waals surface area contributed by atoms with Crippen molar-refractivity contribution in [3.8, 4) is 11.3 Å². The van der Waals surface area contributed by atoms with Gasteiger partial charge in [-0.05, 0) is 32.9 Å². The highest BCUT2D eigenvalue weighted by Gasteiger charge is 2.17. The Morgan fingerprint density at radius 1 is 1.36 bits per heavy atom. The molecule has 0 spiro atoms. The van der Waals surface area contributed by atoms with Crippen molar-refractivity contribution >= 4 is 28.2 Å². The number of fused-ring (bicyclic) bond motifs is 1. The second kappa shape index (κ2) is 5.42. The Labute approximate surface area is 131 Å². The molecule has 1 amide bonds. The van der Waals surface area contributed by atoms with E-state index in [1.807, 2.05) is 55.1 Å². The molecule has 0 aromatic carbocycles. The summed E-state index contributed by atoms with van der Waals surface area (Å²) in [6.07, 6.45) is 5.08. The summed E-state index contributed by atoms with van der Waals surface area (Å²) in [5, 5.41) is 5.05. The van der Waals surface area contributed by atoms with Gasteiger partial charge in [0.1, 0.15) is 11.2 Å². The van der Waals surface area contributed by atoms with Crippen LogP contribution in [0.25, 0.3) is 16.9 Å². The van der Waals surface area contributed by atoms with Crippen LogP contribution in [-0.2, 0) is 4.74 Å². The summed E-state index contributed by atoms with van der Waals surface area (Å²) in [4.78, 5) is 20.4. The van der Waals surface area contributed by atoms with Crippen LogP contribution in [0.3, 0.4) is 0 Å². The maximum Gasteiger partial charge on any atom is 0.413 e. The van der Waals surface area contributed by atoms with Gasteiger partial charge in [-0.15, -0.1) is 11.3 Å². The number of nitrogens with one attached hydrogen (secondary N) is 1. The van der Waals surface area contributed by atoms with Crippen molar-refractivity contribution in [2.75, 3.05) is 5.32 Å². The number of ether oxygens (including phenoxy) is 1. The molecule has 22 heavy (non-hydrogen) atoms. The Balaban J connectivity index is 1.77. The van der Waals surface area contributed by atoms with Crippen molar-refractivity contribution < 1.29 is 9.53 Å². The van der Waals surface area contributed by atoms with E-state index in [0.29, 0.717) is 5.13 Å². The Kier molecular flexibility index (Phi) is 3.58. The summed E-state index contributed by atoms with van der Waals surface area (Å²) in [5.41, 5.74) is 2.10. The fraction of sp³-hybridized carbons (Fsp3) is 0.267. The highest BCUT2D eigenvalue weighted by molar-refractivity contribution is 7.14.